The first kappa shape index (κ1) is 14.4. The van der Waals surface area contributed by atoms with Crippen molar-refractivity contribution < 1.29 is 18.3 Å². The second kappa shape index (κ2) is 6.35. The van der Waals surface area contributed by atoms with Crippen LogP contribution in [0.5, 0.6) is 0 Å². The van der Waals surface area contributed by atoms with Gasteiger partial charge < -0.3 is 9.90 Å². The number of sulfone groups is 1. The number of allylic oxidation sites excluding steroid dienone is 1. The van der Waals surface area contributed by atoms with Gasteiger partial charge in [0, 0.05) is 12.8 Å². The van der Waals surface area contributed by atoms with Crippen molar-refractivity contribution in [3.8, 4) is 0 Å². The fraction of sp³-hybridized carbons (Fsp3) is 0.308. The largest absolute Gasteiger partial charge is 0.512 e. The molecule has 0 atom stereocenters. The number of aliphatic hydroxyl groups is 1. The lowest BCUT2D eigenvalue weighted by molar-refractivity contribution is -0.117. The van der Waals surface area contributed by atoms with Gasteiger partial charge in [0.05, 0.1) is 10.3 Å². The molecule has 1 aromatic rings. The smallest absolute Gasteiger partial charge is 0.203 e. The van der Waals surface area contributed by atoms with Gasteiger partial charge in [-0.1, -0.05) is 18.2 Å². The molecule has 1 aromatic carbocycles. The number of rotatable bonds is 6. The maximum atomic E-state index is 11.8. The Hall–Kier alpha value is -1.62. The maximum Gasteiger partial charge on any atom is 0.203 e. The Morgan fingerprint density at radius 3 is 2.39 bits per heavy atom. The van der Waals surface area contributed by atoms with Gasteiger partial charge in [0.15, 0.2) is 0 Å². The SMILES string of the molecule is CC(=O)CCC/C(O)=C\S(=O)(=O)c1ccccc1. The van der Waals surface area contributed by atoms with E-state index in [9.17, 15) is 18.3 Å². The fourth-order valence-electron chi connectivity index (χ4n) is 1.43. The minimum absolute atomic E-state index is 0.0220. The highest BCUT2D eigenvalue weighted by molar-refractivity contribution is 7.94. The lowest BCUT2D eigenvalue weighted by Crippen LogP contribution is -1.99. The van der Waals surface area contributed by atoms with E-state index in [2.05, 4.69) is 0 Å². The first-order chi connectivity index (χ1) is 8.42. The van der Waals surface area contributed by atoms with Gasteiger partial charge in [0.25, 0.3) is 0 Å². The first-order valence-electron chi connectivity index (χ1n) is 5.61. The molecule has 18 heavy (non-hydrogen) atoms. The van der Waals surface area contributed by atoms with Crippen LogP contribution in [0.1, 0.15) is 26.2 Å². The Bertz CT molecular complexity index is 529. The van der Waals surface area contributed by atoms with Gasteiger partial charge in [-0.3, -0.25) is 0 Å². The Kier molecular flexibility index (Phi) is 5.09. The van der Waals surface area contributed by atoms with Crippen LogP contribution in [0.4, 0.5) is 0 Å². The summed E-state index contributed by atoms with van der Waals surface area (Å²) < 4.78 is 23.7. The maximum absolute atomic E-state index is 11.8. The zero-order chi connectivity index (χ0) is 13.6. The van der Waals surface area contributed by atoms with E-state index in [1.807, 2.05) is 0 Å². The summed E-state index contributed by atoms with van der Waals surface area (Å²) in [6.45, 7) is 1.46. The van der Waals surface area contributed by atoms with E-state index in [0.29, 0.717) is 12.8 Å². The lowest BCUT2D eigenvalue weighted by Gasteiger charge is -2.01. The fourth-order valence-corrected chi connectivity index (χ4v) is 2.58. The molecule has 98 valence electrons. The molecule has 0 fully saturated rings. The topological polar surface area (TPSA) is 71.4 Å². The summed E-state index contributed by atoms with van der Waals surface area (Å²) in [6.07, 6.45) is 0.969. The highest BCUT2D eigenvalue weighted by Crippen LogP contribution is 2.15. The molecular formula is C13H16O4S. The predicted octanol–water partition coefficient (Wildman–Crippen LogP) is 2.62. The van der Waals surface area contributed by atoms with Gasteiger partial charge in [-0.2, -0.15) is 0 Å². The zero-order valence-electron chi connectivity index (χ0n) is 10.2. The minimum atomic E-state index is -3.61. The van der Waals surface area contributed by atoms with Gasteiger partial charge in [-0.25, -0.2) is 8.42 Å². The summed E-state index contributed by atoms with van der Waals surface area (Å²) in [5, 5.41) is 10.4. The van der Waals surface area contributed by atoms with Gasteiger partial charge in [0.2, 0.25) is 9.84 Å². The van der Waals surface area contributed by atoms with E-state index in [-0.39, 0.29) is 22.9 Å². The van der Waals surface area contributed by atoms with Gasteiger partial charge in [-0.15, -0.1) is 0 Å². The molecule has 0 spiro atoms. The van der Waals surface area contributed by atoms with Crippen molar-refractivity contribution in [1.82, 2.24) is 0 Å². The normalized spacial score (nSPS) is 12.4. The predicted molar refractivity (Wildman–Crippen MR) is 68.9 cm³/mol. The second-order valence-electron chi connectivity index (χ2n) is 4.02. The minimum Gasteiger partial charge on any atom is -0.512 e. The van der Waals surface area contributed by atoms with Crippen LogP contribution in [0.3, 0.4) is 0 Å². The van der Waals surface area contributed by atoms with E-state index >= 15 is 0 Å². The zero-order valence-corrected chi connectivity index (χ0v) is 11.0. The lowest BCUT2D eigenvalue weighted by atomic mass is 10.2. The van der Waals surface area contributed by atoms with Gasteiger partial charge >= 0.3 is 0 Å². The van der Waals surface area contributed by atoms with Crippen molar-refractivity contribution in [3.05, 3.63) is 41.5 Å². The Labute approximate surface area is 107 Å². The Morgan fingerprint density at radius 2 is 1.83 bits per heavy atom. The van der Waals surface area contributed by atoms with Crippen molar-refractivity contribution in [2.24, 2.45) is 0 Å². The molecule has 0 aromatic heterocycles. The summed E-state index contributed by atoms with van der Waals surface area (Å²) in [5.41, 5.74) is 0. The third kappa shape index (κ3) is 4.71. The number of hydrogen-bond donors (Lipinski definition) is 1. The third-order valence-corrected chi connectivity index (χ3v) is 3.84. The van der Waals surface area contributed by atoms with Crippen LogP contribution in [-0.4, -0.2) is 19.3 Å². The van der Waals surface area contributed by atoms with E-state index in [4.69, 9.17) is 0 Å². The van der Waals surface area contributed by atoms with Crippen molar-refractivity contribution >= 4 is 15.6 Å². The average Bonchev–Trinajstić information content (AvgIpc) is 2.29. The van der Waals surface area contributed by atoms with Crippen LogP contribution in [0.2, 0.25) is 0 Å². The molecule has 0 heterocycles. The molecule has 0 saturated carbocycles. The van der Waals surface area contributed by atoms with E-state index in [1.54, 1.807) is 18.2 Å². The first-order valence-corrected chi connectivity index (χ1v) is 7.15. The molecule has 1 N–H and O–H groups in total. The van der Waals surface area contributed by atoms with E-state index in [0.717, 1.165) is 5.41 Å². The van der Waals surface area contributed by atoms with Crippen LogP contribution in [0, 0.1) is 0 Å². The number of hydrogen-bond acceptors (Lipinski definition) is 4. The highest BCUT2D eigenvalue weighted by Gasteiger charge is 2.11. The number of ketones is 1. The van der Waals surface area contributed by atoms with Crippen molar-refractivity contribution in [1.29, 1.82) is 0 Å². The molecule has 0 unspecified atom stereocenters. The Morgan fingerprint density at radius 1 is 1.22 bits per heavy atom. The standard InChI is InChI=1S/C13H16O4S/c1-11(14)6-5-7-12(15)10-18(16,17)13-8-3-2-4-9-13/h2-4,8-10,15H,5-7H2,1H3/b12-10+. The van der Waals surface area contributed by atoms with Gasteiger partial charge in [0.1, 0.15) is 11.5 Å². The Balaban J connectivity index is 2.73. The molecule has 0 amide bonds. The molecular weight excluding hydrogens is 252 g/mol. The molecule has 4 nitrogen and oxygen atoms in total. The van der Waals surface area contributed by atoms with Crippen LogP contribution >= 0.6 is 0 Å². The molecule has 0 aliphatic rings. The highest BCUT2D eigenvalue weighted by atomic mass is 32.2. The average molecular weight is 268 g/mol. The van der Waals surface area contributed by atoms with E-state index < -0.39 is 9.84 Å². The monoisotopic (exact) mass is 268 g/mol. The molecule has 0 aliphatic heterocycles. The molecule has 5 heteroatoms. The third-order valence-electron chi connectivity index (χ3n) is 2.32. The molecule has 0 aliphatic carbocycles. The number of Topliss-reactive ketones (excluding diaryl/α,β-unsaturated/α-hetero) is 1. The molecule has 0 radical (unpaired) electrons. The number of carbonyl (C=O) groups is 1. The summed E-state index contributed by atoms with van der Waals surface area (Å²) >= 11 is 0. The van der Waals surface area contributed by atoms with Crippen LogP contribution in [0.15, 0.2) is 46.4 Å². The number of carbonyl (C=O) groups excluding carboxylic acids is 1. The quantitative estimate of drug-likeness (QED) is 0.805. The van der Waals surface area contributed by atoms with Crippen molar-refractivity contribution in [2.45, 2.75) is 31.1 Å². The summed E-state index contributed by atoms with van der Waals surface area (Å²) in [7, 11) is -3.61. The van der Waals surface area contributed by atoms with E-state index in [1.165, 1.54) is 19.1 Å². The van der Waals surface area contributed by atoms with Crippen LogP contribution in [0.25, 0.3) is 0 Å². The second-order valence-corrected chi connectivity index (χ2v) is 5.82. The molecule has 0 saturated heterocycles. The van der Waals surface area contributed by atoms with Crippen LogP contribution in [-0.2, 0) is 14.6 Å². The van der Waals surface area contributed by atoms with Crippen molar-refractivity contribution in [3.63, 3.8) is 0 Å². The molecule has 0 bridgehead atoms. The van der Waals surface area contributed by atoms with Gasteiger partial charge in [-0.05, 0) is 25.5 Å². The van der Waals surface area contributed by atoms with Crippen molar-refractivity contribution in [2.75, 3.05) is 0 Å². The number of aliphatic hydroxyl groups excluding tert-OH is 1. The number of benzene rings is 1. The molecule has 1 rings (SSSR count). The van der Waals surface area contributed by atoms with Crippen LogP contribution < -0.4 is 0 Å². The summed E-state index contributed by atoms with van der Waals surface area (Å²) in [6, 6.07) is 7.89. The summed E-state index contributed by atoms with van der Waals surface area (Å²) in [4.78, 5) is 10.9. The summed E-state index contributed by atoms with van der Waals surface area (Å²) in [5.74, 6) is -0.200.